The van der Waals surface area contributed by atoms with E-state index in [4.69, 9.17) is 0 Å². The van der Waals surface area contributed by atoms with Gasteiger partial charge in [0.05, 0.1) is 0 Å². The molecule has 1 heterocycles. The van der Waals surface area contributed by atoms with E-state index in [9.17, 15) is 0 Å². The van der Waals surface area contributed by atoms with Crippen LogP contribution in [0.25, 0.3) is 6.08 Å². The Morgan fingerprint density at radius 3 is 1.87 bits per heavy atom. The Labute approximate surface area is 96.3 Å². The Hall–Kier alpha value is -1.11. The van der Waals surface area contributed by atoms with Gasteiger partial charge in [-0.25, -0.2) is 0 Å². The van der Waals surface area contributed by atoms with Crippen molar-refractivity contribution in [1.29, 1.82) is 0 Å². The third-order valence-electron chi connectivity index (χ3n) is 1.04. The molecule has 0 fully saturated rings. The molecule has 1 nitrogen and oxygen atoms in total. The summed E-state index contributed by atoms with van der Waals surface area (Å²) >= 11 is 0. The van der Waals surface area contributed by atoms with Crippen LogP contribution in [0.5, 0.6) is 0 Å². The van der Waals surface area contributed by atoms with Gasteiger partial charge in [-0.05, 0) is 18.6 Å². The van der Waals surface area contributed by atoms with Crippen molar-refractivity contribution in [1.82, 2.24) is 4.98 Å². The maximum atomic E-state index is 3.95. The van der Waals surface area contributed by atoms with Crippen LogP contribution in [-0.4, -0.2) is 4.98 Å². The van der Waals surface area contributed by atoms with E-state index in [1.54, 1.807) is 6.20 Å². The maximum Gasteiger partial charge on any atom is 0.0340 e. The molecule has 0 aliphatic carbocycles. The van der Waals surface area contributed by atoms with Gasteiger partial charge in [0.1, 0.15) is 0 Å². The molecule has 0 atom stereocenters. The highest BCUT2D eigenvalue weighted by Crippen LogP contribution is 1.96. The van der Waals surface area contributed by atoms with Crippen molar-refractivity contribution in [2.45, 2.75) is 48.5 Å². The van der Waals surface area contributed by atoms with E-state index in [1.807, 2.05) is 78.9 Å². The topological polar surface area (TPSA) is 12.9 Å². The van der Waals surface area contributed by atoms with Crippen LogP contribution in [0.3, 0.4) is 0 Å². The molecular formula is C14H27N. The van der Waals surface area contributed by atoms with Crippen molar-refractivity contribution in [2.75, 3.05) is 0 Å². The second-order valence-corrected chi connectivity index (χ2v) is 1.79. The third-order valence-corrected chi connectivity index (χ3v) is 1.04. The third kappa shape index (κ3) is 15.6. The van der Waals surface area contributed by atoms with E-state index in [2.05, 4.69) is 4.98 Å². The van der Waals surface area contributed by atoms with Gasteiger partial charge in [-0.15, -0.1) is 0 Å². The molecule has 0 saturated heterocycles. The van der Waals surface area contributed by atoms with Gasteiger partial charge in [-0.3, -0.25) is 4.98 Å². The van der Waals surface area contributed by atoms with Gasteiger partial charge in [0.15, 0.2) is 0 Å². The molecular weight excluding hydrogens is 182 g/mol. The minimum absolute atomic E-state index is 1.15. The maximum absolute atomic E-state index is 3.95. The second-order valence-electron chi connectivity index (χ2n) is 1.79. The van der Waals surface area contributed by atoms with Crippen molar-refractivity contribution in [3.05, 3.63) is 36.2 Å². The van der Waals surface area contributed by atoms with Crippen LogP contribution in [0.2, 0.25) is 0 Å². The monoisotopic (exact) mass is 209 g/mol. The van der Waals surface area contributed by atoms with Gasteiger partial charge >= 0.3 is 0 Å². The predicted octanol–water partition coefficient (Wildman–Crippen LogP) is 5.19. The van der Waals surface area contributed by atoms with Crippen molar-refractivity contribution in [2.24, 2.45) is 0 Å². The zero-order valence-electron chi connectivity index (χ0n) is 11.4. The lowest BCUT2D eigenvalue weighted by atomic mass is 10.3. The molecule has 0 aromatic carbocycles. The highest BCUT2D eigenvalue weighted by Gasteiger charge is 1.78. The molecule has 0 bridgehead atoms. The van der Waals surface area contributed by atoms with Gasteiger partial charge in [0, 0.05) is 12.4 Å². The van der Waals surface area contributed by atoms with Crippen LogP contribution in [-0.2, 0) is 0 Å². The van der Waals surface area contributed by atoms with E-state index < -0.39 is 0 Å². The summed E-state index contributed by atoms with van der Waals surface area (Å²) in [6, 6.07) is 3.95. The molecule has 0 unspecified atom stereocenters. The van der Waals surface area contributed by atoms with Crippen LogP contribution in [0.15, 0.2) is 30.6 Å². The Bertz CT molecular complexity index is 190. The summed E-state index contributed by atoms with van der Waals surface area (Å²) < 4.78 is 0. The molecule has 15 heavy (non-hydrogen) atoms. The lowest BCUT2D eigenvalue weighted by Crippen LogP contribution is -1.71. The smallest absolute Gasteiger partial charge is 0.0340 e. The standard InChI is InChI=1S/C8H9N.3C2H6/c1-2-4-8-5-3-6-9-7-8;3*1-2/h2-7H,1H3;3*1-2H3/b4-2+;;;. The number of nitrogens with zero attached hydrogens (tertiary/aromatic N) is 1. The van der Waals surface area contributed by atoms with Crippen LogP contribution in [0.1, 0.15) is 54.0 Å². The molecule has 0 aliphatic heterocycles. The number of hydrogen-bond acceptors (Lipinski definition) is 1. The van der Waals surface area contributed by atoms with Crippen molar-refractivity contribution in [3.8, 4) is 0 Å². The first-order valence-corrected chi connectivity index (χ1v) is 5.96. The molecule has 0 spiro atoms. The fourth-order valence-electron chi connectivity index (χ4n) is 0.667. The molecule has 0 aliphatic rings. The number of hydrogen-bond donors (Lipinski definition) is 0. The molecule has 1 aromatic rings. The average molecular weight is 209 g/mol. The van der Waals surface area contributed by atoms with Crippen LogP contribution in [0.4, 0.5) is 0 Å². The fourth-order valence-corrected chi connectivity index (χ4v) is 0.667. The van der Waals surface area contributed by atoms with Gasteiger partial charge in [0.2, 0.25) is 0 Å². The first-order valence-electron chi connectivity index (χ1n) is 5.96. The van der Waals surface area contributed by atoms with Gasteiger partial charge in [-0.1, -0.05) is 59.8 Å². The number of allylic oxidation sites excluding steroid dienone is 1. The minimum Gasteiger partial charge on any atom is -0.264 e. The quantitative estimate of drug-likeness (QED) is 0.620. The van der Waals surface area contributed by atoms with E-state index in [0.29, 0.717) is 0 Å². The second kappa shape index (κ2) is 23.1. The molecule has 0 amide bonds. The van der Waals surface area contributed by atoms with Crippen LogP contribution >= 0.6 is 0 Å². The van der Waals surface area contributed by atoms with Gasteiger partial charge in [0.25, 0.3) is 0 Å². The van der Waals surface area contributed by atoms with Crippen LogP contribution < -0.4 is 0 Å². The summed E-state index contributed by atoms with van der Waals surface area (Å²) in [5.74, 6) is 0. The largest absolute Gasteiger partial charge is 0.264 e. The highest BCUT2D eigenvalue weighted by molar-refractivity contribution is 5.46. The number of pyridine rings is 1. The number of aromatic nitrogens is 1. The predicted molar refractivity (Wildman–Crippen MR) is 73.0 cm³/mol. The first kappa shape index (κ1) is 19.5. The lowest BCUT2D eigenvalue weighted by molar-refractivity contribution is 1.32. The SMILES string of the molecule is C/C=C/c1cccnc1.CC.CC.CC. The molecule has 1 rings (SSSR count). The molecule has 0 radical (unpaired) electrons. The first-order chi connectivity index (χ1) is 7.43. The molecule has 1 heteroatoms. The van der Waals surface area contributed by atoms with E-state index in [0.717, 1.165) is 5.56 Å². The van der Waals surface area contributed by atoms with Crippen molar-refractivity contribution < 1.29 is 0 Å². The van der Waals surface area contributed by atoms with Crippen molar-refractivity contribution in [3.63, 3.8) is 0 Å². The molecule has 1 aromatic heterocycles. The summed E-state index contributed by atoms with van der Waals surface area (Å²) in [4.78, 5) is 3.95. The molecule has 88 valence electrons. The summed E-state index contributed by atoms with van der Waals surface area (Å²) in [5, 5.41) is 0. The zero-order chi connectivity index (χ0) is 12.5. The Balaban J connectivity index is -0.000000208. The van der Waals surface area contributed by atoms with E-state index >= 15 is 0 Å². The summed E-state index contributed by atoms with van der Waals surface area (Å²) in [6.07, 6.45) is 7.62. The van der Waals surface area contributed by atoms with Crippen LogP contribution in [0, 0.1) is 0 Å². The Morgan fingerprint density at radius 2 is 1.53 bits per heavy atom. The summed E-state index contributed by atoms with van der Waals surface area (Å²) in [5.41, 5.74) is 1.15. The summed E-state index contributed by atoms with van der Waals surface area (Å²) in [6.45, 7) is 14.0. The van der Waals surface area contributed by atoms with E-state index in [-0.39, 0.29) is 0 Å². The van der Waals surface area contributed by atoms with Crippen molar-refractivity contribution >= 4 is 6.08 Å². The average Bonchev–Trinajstić information content (AvgIpc) is 2.38. The Kier molecular flexibility index (Phi) is 29.9. The zero-order valence-corrected chi connectivity index (χ0v) is 11.4. The van der Waals surface area contributed by atoms with E-state index in [1.165, 1.54) is 0 Å². The fraction of sp³-hybridized carbons (Fsp3) is 0.500. The highest BCUT2D eigenvalue weighted by atomic mass is 14.6. The molecule has 0 saturated carbocycles. The summed E-state index contributed by atoms with van der Waals surface area (Å²) in [7, 11) is 0. The lowest BCUT2D eigenvalue weighted by Gasteiger charge is -1.86. The minimum atomic E-state index is 1.15. The normalized spacial score (nSPS) is 7.40. The Morgan fingerprint density at radius 1 is 1.00 bits per heavy atom. The van der Waals surface area contributed by atoms with Gasteiger partial charge in [-0.2, -0.15) is 0 Å². The molecule has 0 N–H and O–H groups in total. The number of rotatable bonds is 1. The van der Waals surface area contributed by atoms with Gasteiger partial charge < -0.3 is 0 Å².